The highest BCUT2D eigenvalue weighted by Gasteiger charge is 2.16. The van der Waals surface area contributed by atoms with Crippen molar-refractivity contribution in [2.75, 3.05) is 0 Å². The molecule has 120 valence electrons. The van der Waals surface area contributed by atoms with Crippen molar-refractivity contribution in [3.05, 3.63) is 72.1 Å². The summed E-state index contributed by atoms with van der Waals surface area (Å²) in [7, 11) is -3.69. The summed E-state index contributed by atoms with van der Waals surface area (Å²) in [6.45, 7) is 0.0756. The standard InChI is InChI=1S/C17H13N3O3S/c18-11-13-5-7-15(8-6-13)24(21,22)20-12-14-3-1-9-19-17(14)16-4-2-10-23-16/h1-10,20H,12H2. The molecule has 0 fully saturated rings. The van der Waals surface area contributed by atoms with E-state index >= 15 is 0 Å². The maximum atomic E-state index is 12.4. The van der Waals surface area contributed by atoms with Crippen LogP contribution in [0.2, 0.25) is 0 Å². The van der Waals surface area contributed by atoms with Gasteiger partial charge in [-0.1, -0.05) is 6.07 Å². The maximum absolute atomic E-state index is 12.4. The summed E-state index contributed by atoms with van der Waals surface area (Å²) >= 11 is 0. The third-order valence-electron chi connectivity index (χ3n) is 3.39. The molecule has 0 amide bonds. The van der Waals surface area contributed by atoms with Crippen LogP contribution in [0.25, 0.3) is 11.5 Å². The number of nitrogens with zero attached hydrogens (tertiary/aromatic N) is 2. The number of nitrogens with one attached hydrogen (secondary N) is 1. The first-order valence-electron chi connectivity index (χ1n) is 7.08. The summed E-state index contributed by atoms with van der Waals surface area (Å²) in [6.07, 6.45) is 3.16. The molecule has 0 aliphatic rings. The Balaban J connectivity index is 1.82. The second-order valence-electron chi connectivity index (χ2n) is 4.95. The predicted molar refractivity (Wildman–Crippen MR) is 87.1 cm³/mol. The van der Waals surface area contributed by atoms with Crippen LogP contribution in [-0.2, 0) is 16.6 Å². The van der Waals surface area contributed by atoms with E-state index in [1.807, 2.05) is 6.07 Å². The number of aromatic nitrogens is 1. The molecule has 7 heteroatoms. The van der Waals surface area contributed by atoms with Crippen molar-refractivity contribution >= 4 is 10.0 Å². The van der Waals surface area contributed by atoms with Crippen molar-refractivity contribution in [3.8, 4) is 17.5 Å². The quantitative estimate of drug-likeness (QED) is 0.771. The lowest BCUT2D eigenvalue weighted by molar-refractivity contribution is 0.575. The van der Waals surface area contributed by atoms with Gasteiger partial charge < -0.3 is 4.42 Å². The lowest BCUT2D eigenvalue weighted by atomic mass is 10.1. The minimum atomic E-state index is -3.69. The molecule has 0 unspecified atom stereocenters. The van der Waals surface area contributed by atoms with Crippen molar-refractivity contribution in [2.45, 2.75) is 11.4 Å². The molecule has 24 heavy (non-hydrogen) atoms. The van der Waals surface area contributed by atoms with Crippen LogP contribution in [0.3, 0.4) is 0 Å². The molecule has 0 aliphatic heterocycles. The highest BCUT2D eigenvalue weighted by atomic mass is 32.2. The van der Waals surface area contributed by atoms with Crippen LogP contribution >= 0.6 is 0 Å². The van der Waals surface area contributed by atoms with Crippen LogP contribution in [0.1, 0.15) is 11.1 Å². The molecule has 0 bridgehead atoms. The van der Waals surface area contributed by atoms with Crippen LogP contribution < -0.4 is 4.72 Å². The van der Waals surface area contributed by atoms with Crippen molar-refractivity contribution in [1.82, 2.24) is 9.71 Å². The topological polar surface area (TPSA) is 96.0 Å². The summed E-state index contributed by atoms with van der Waals surface area (Å²) in [5, 5.41) is 8.77. The molecule has 6 nitrogen and oxygen atoms in total. The van der Waals surface area contributed by atoms with Gasteiger partial charge in [-0.2, -0.15) is 5.26 Å². The van der Waals surface area contributed by atoms with Gasteiger partial charge in [-0.05, 0) is 48.0 Å². The van der Waals surface area contributed by atoms with Crippen LogP contribution in [0.15, 0.2) is 70.3 Å². The Hall–Kier alpha value is -2.95. The van der Waals surface area contributed by atoms with Gasteiger partial charge in [0.05, 0.1) is 22.8 Å². The van der Waals surface area contributed by atoms with E-state index in [-0.39, 0.29) is 11.4 Å². The average molecular weight is 339 g/mol. The highest BCUT2D eigenvalue weighted by molar-refractivity contribution is 7.89. The Kier molecular flexibility index (Phi) is 4.42. The van der Waals surface area contributed by atoms with Gasteiger partial charge in [0.25, 0.3) is 0 Å². The number of hydrogen-bond donors (Lipinski definition) is 1. The van der Waals surface area contributed by atoms with Crippen LogP contribution in [-0.4, -0.2) is 13.4 Å². The van der Waals surface area contributed by atoms with Gasteiger partial charge in [0.1, 0.15) is 5.69 Å². The summed E-state index contributed by atoms with van der Waals surface area (Å²) in [4.78, 5) is 4.35. The second-order valence-corrected chi connectivity index (χ2v) is 6.72. The van der Waals surface area contributed by atoms with Gasteiger partial charge >= 0.3 is 0 Å². The minimum absolute atomic E-state index is 0.0756. The first kappa shape index (κ1) is 15.9. The third-order valence-corrected chi connectivity index (χ3v) is 4.81. The molecule has 2 aromatic heterocycles. The normalized spacial score (nSPS) is 11.1. The SMILES string of the molecule is N#Cc1ccc(S(=O)(=O)NCc2cccnc2-c2ccco2)cc1. The van der Waals surface area contributed by atoms with Gasteiger partial charge in [-0.25, -0.2) is 13.1 Å². The molecule has 0 atom stereocenters. The zero-order valence-corrected chi connectivity index (χ0v) is 13.3. The molecule has 0 aliphatic carbocycles. The van der Waals surface area contributed by atoms with Gasteiger partial charge in [0.2, 0.25) is 10.0 Å². The predicted octanol–water partition coefficient (Wildman–Crippen LogP) is 2.69. The monoisotopic (exact) mass is 339 g/mol. The molecule has 0 saturated heterocycles. The van der Waals surface area contributed by atoms with Gasteiger partial charge in [0, 0.05) is 12.7 Å². The summed E-state index contributed by atoms with van der Waals surface area (Å²) in [5.74, 6) is 0.572. The van der Waals surface area contributed by atoms with Crippen LogP contribution in [0, 0.1) is 11.3 Å². The summed E-state index contributed by atoms with van der Waals surface area (Å²) in [5.41, 5.74) is 1.69. The fourth-order valence-corrected chi connectivity index (χ4v) is 3.19. The molecule has 0 spiro atoms. The molecule has 1 aromatic carbocycles. The molecule has 2 heterocycles. The van der Waals surface area contributed by atoms with E-state index in [4.69, 9.17) is 9.68 Å². The second kappa shape index (κ2) is 6.66. The zero-order valence-electron chi connectivity index (χ0n) is 12.5. The van der Waals surface area contributed by atoms with Crippen molar-refractivity contribution in [1.29, 1.82) is 5.26 Å². The Morgan fingerprint density at radius 3 is 2.58 bits per heavy atom. The number of sulfonamides is 1. The van der Waals surface area contributed by atoms with Crippen molar-refractivity contribution in [3.63, 3.8) is 0 Å². The summed E-state index contributed by atoms with van der Waals surface area (Å²) in [6, 6.07) is 14.7. The lowest BCUT2D eigenvalue weighted by Crippen LogP contribution is -2.23. The molecule has 0 saturated carbocycles. The van der Waals surface area contributed by atoms with E-state index < -0.39 is 10.0 Å². The number of nitriles is 1. The number of hydrogen-bond acceptors (Lipinski definition) is 5. The van der Waals surface area contributed by atoms with E-state index in [2.05, 4.69) is 9.71 Å². The molecule has 0 radical (unpaired) electrons. The number of pyridine rings is 1. The third kappa shape index (κ3) is 3.35. The van der Waals surface area contributed by atoms with Gasteiger partial charge in [0.15, 0.2) is 5.76 Å². The molecule has 3 rings (SSSR count). The highest BCUT2D eigenvalue weighted by Crippen LogP contribution is 2.22. The van der Waals surface area contributed by atoms with Crippen molar-refractivity contribution < 1.29 is 12.8 Å². The smallest absolute Gasteiger partial charge is 0.240 e. The van der Waals surface area contributed by atoms with E-state index in [1.54, 1.807) is 30.5 Å². The first-order valence-corrected chi connectivity index (χ1v) is 8.56. The van der Waals surface area contributed by atoms with Crippen LogP contribution in [0.4, 0.5) is 0 Å². The van der Waals surface area contributed by atoms with E-state index in [1.165, 1.54) is 30.5 Å². The molecular weight excluding hydrogens is 326 g/mol. The Morgan fingerprint density at radius 1 is 1.12 bits per heavy atom. The van der Waals surface area contributed by atoms with E-state index in [9.17, 15) is 8.42 Å². The first-order chi connectivity index (χ1) is 11.6. The summed E-state index contributed by atoms with van der Waals surface area (Å²) < 4.78 is 32.6. The number of benzene rings is 1. The zero-order chi connectivity index (χ0) is 17.0. The molecular formula is C17H13N3O3S. The Bertz CT molecular complexity index is 973. The van der Waals surface area contributed by atoms with E-state index in [0.29, 0.717) is 22.6 Å². The fourth-order valence-electron chi connectivity index (χ4n) is 2.18. The minimum Gasteiger partial charge on any atom is -0.463 e. The molecule has 3 aromatic rings. The maximum Gasteiger partial charge on any atom is 0.240 e. The lowest BCUT2D eigenvalue weighted by Gasteiger charge is -2.09. The van der Waals surface area contributed by atoms with Crippen molar-refractivity contribution in [2.24, 2.45) is 0 Å². The van der Waals surface area contributed by atoms with Gasteiger partial charge in [-0.3, -0.25) is 4.98 Å². The Morgan fingerprint density at radius 2 is 1.92 bits per heavy atom. The number of rotatable bonds is 5. The van der Waals surface area contributed by atoms with Crippen LogP contribution in [0.5, 0.6) is 0 Å². The largest absolute Gasteiger partial charge is 0.463 e. The van der Waals surface area contributed by atoms with E-state index in [0.717, 1.165) is 0 Å². The fraction of sp³-hybridized carbons (Fsp3) is 0.0588. The average Bonchev–Trinajstić information content (AvgIpc) is 3.15. The van der Waals surface area contributed by atoms with Gasteiger partial charge in [-0.15, -0.1) is 0 Å². The number of furan rings is 1. The molecule has 1 N–H and O–H groups in total. The Labute approximate surface area is 139 Å².